The number of nitrogens with zero attached hydrogens (tertiary/aromatic N) is 5. The Balaban J connectivity index is 1.46. The first-order chi connectivity index (χ1) is 15.6. The number of piperidine rings is 1. The highest BCUT2D eigenvalue weighted by Gasteiger charge is 2.18. The summed E-state index contributed by atoms with van der Waals surface area (Å²) in [5.41, 5.74) is 1.45. The number of benzene rings is 1. The number of halogens is 2. The third-order valence-electron chi connectivity index (χ3n) is 5.28. The number of amides is 1. The maximum absolute atomic E-state index is 12.5. The molecule has 1 N–H and O–H groups in total. The summed E-state index contributed by atoms with van der Waals surface area (Å²) in [7, 11) is 0. The van der Waals surface area contributed by atoms with Gasteiger partial charge in [-0.05, 0) is 56.3 Å². The van der Waals surface area contributed by atoms with Crippen molar-refractivity contribution in [3.05, 3.63) is 52.8 Å². The van der Waals surface area contributed by atoms with Gasteiger partial charge in [0, 0.05) is 36.1 Å². The lowest BCUT2D eigenvalue weighted by molar-refractivity contribution is -0.113. The van der Waals surface area contributed by atoms with E-state index in [1.165, 1.54) is 31.0 Å². The molecule has 0 bridgehead atoms. The van der Waals surface area contributed by atoms with Gasteiger partial charge >= 0.3 is 0 Å². The maximum atomic E-state index is 12.5. The summed E-state index contributed by atoms with van der Waals surface area (Å²) in [6, 6.07) is 8.81. The Labute approximate surface area is 201 Å². The molecule has 2 aromatic heterocycles. The molecule has 1 saturated heterocycles. The van der Waals surface area contributed by atoms with Crippen molar-refractivity contribution in [2.75, 3.05) is 30.7 Å². The van der Waals surface area contributed by atoms with Crippen LogP contribution in [-0.4, -0.2) is 55.9 Å². The number of aromatic nitrogens is 4. The van der Waals surface area contributed by atoms with Gasteiger partial charge in [0.05, 0.1) is 16.5 Å². The molecule has 1 amide bonds. The van der Waals surface area contributed by atoms with Crippen LogP contribution >= 0.6 is 35.0 Å². The Morgan fingerprint density at radius 1 is 1.03 bits per heavy atom. The van der Waals surface area contributed by atoms with Crippen molar-refractivity contribution in [3.8, 4) is 11.4 Å². The predicted molar refractivity (Wildman–Crippen MR) is 129 cm³/mol. The largest absolute Gasteiger partial charge is 0.324 e. The average molecular weight is 491 g/mol. The van der Waals surface area contributed by atoms with E-state index in [1.54, 1.807) is 30.6 Å². The molecule has 7 nitrogen and oxygen atoms in total. The van der Waals surface area contributed by atoms with Gasteiger partial charge in [-0.15, -0.1) is 10.2 Å². The molecule has 3 heterocycles. The topological polar surface area (TPSA) is 75.9 Å². The summed E-state index contributed by atoms with van der Waals surface area (Å²) in [5, 5.41) is 13.3. The van der Waals surface area contributed by atoms with Crippen molar-refractivity contribution in [1.29, 1.82) is 0 Å². The van der Waals surface area contributed by atoms with Crippen molar-refractivity contribution in [2.45, 2.75) is 31.0 Å². The summed E-state index contributed by atoms with van der Waals surface area (Å²) in [4.78, 5) is 19.1. The van der Waals surface area contributed by atoms with E-state index in [1.807, 2.05) is 12.1 Å². The molecule has 32 heavy (non-hydrogen) atoms. The summed E-state index contributed by atoms with van der Waals surface area (Å²) in [6.45, 7) is 3.93. The van der Waals surface area contributed by atoms with Crippen molar-refractivity contribution >= 4 is 46.6 Å². The van der Waals surface area contributed by atoms with Crippen LogP contribution < -0.4 is 5.32 Å². The highest BCUT2D eigenvalue weighted by molar-refractivity contribution is 7.99. The van der Waals surface area contributed by atoms with Gasteiger partial charge in [0.15, 0.2) is 11.0 Å². The first-order valence-corrected chi connectivity index (χ1v) is 12.3. The van der Waals surface area contributed by atoms with Crippen LogP contribution in [0.5, 0.6) is 0 Å². The monoisotopic (exact) mass is 490 g/mol. The number of carbonyl (C=O) groups excluding carboxylic acids is 1. The van der Waals surface area contributed by atoms with Crippen LogP contribution in [0.3, 0.4) is 0 Å². The van der Waals surface area contributed by atoms with Gasteiger partial charge in [-0.25, -0.2) is 0 Å². The zero-order valence-electron chi connectivity index (χ0n) is 17.5. The summed E-state index contributed by atoms with van der Waals surface area (Å²) in [5.74, 6) is 0.779. The second-order valence-electron chi connectivity index (χ2n) is 7.56. The fourth-order valence-electron chi connectivity index (χ4n) is 3.65. The molecular formula is C22H24Cl2N6OS. The number of likely N-dealkylation sites (tertiary alicyclic amines) is 1. The van der Waals surface area contributed by atoms with E-state index in [4.69, 9.17) is 23.2 Å². The Morgan fingerprint density at radius 2 is 1.81 bits per heavy atom. The van der Waals surface area contributed by atoms with E-state index in [-0.39, 0.29) is 11.7 Å². The molecule has 1 fully saturated rings. The minimum Gasteiger partial charge on any atom is -0.324 e. The summed E-state index contributed by atoms with van der Waals surface area (Å²) in [6.07, 6.45) is 7.28. The quantitative estimate of drug-likeness (QED) is 0.454. The second kappa shape index (κ2) is 11.1. The molecule has 0 spiro atoms. The standard InChI is InChI=1S/C22H24Cl2N6OS/c23-17-4-5-18(24)19(14-17)26-20(31)15-32-22-28-27-21(16-6-8-25-9-7-16)30(22)13-12-29-10-2-1-3-11-29/h4-9,14H,1-3,10-13,15H2,(H,26,31). The predicted octanol–water partition coefficient (Wildman–Crippen LogP) is 4.86. The van der Waals surface area contributed by atoms with E-state index in [9.17, 15) is 4.79 Å². The third-order valence-corrected chi connectivity index (χ3v) is 6.81. The van der Waals surface area contributed by atoms with E-state index in [0.717, 1.165) is 37.6 Å². The Kier molecular flexibility index (Phi) is 8.02. The zero-order chi connectivity index (χ0) is 22.3. The van der Waals surface area contributed by atoms with Crippen LogP contribution in [0, 0.1) is 0 Å². The van der Waals surface area contributed by atoms with Crippen LogP contribution in [0.15, 0.2) is 47.9 Å². The van der Waals surface area contributed by atoms with Gasteiger partial charge < -0.3 is 14.8 Å². The van der Waals surface area contributed by atoms with E-state index < -0.39 is 0 Å². The molecule has 0 atom stereocenters. The number of nitrogens with one attached hydrogen (secondary N) is 1. The van der Waals surface area contributed by atoms with Crippen LogP contribution in [0.2, 0.25) is 10.0 Å². The number of anilines is 1. The van der Waals surface area contributed by atoms with Crippen molar-refractivity contribution in [3.63, 3.8) is 0 Å². The lowest BCUT2D eigenvalue weighted by Gasteiger charge is -2.26. The highest BCUT2D eigenvalue weighted by atomic mass is 35.5. The number of hydrogen-bond donors (Lipinski definition) is 1. The number of thioether (sulfide) groups is 1. The molecule has 1 aromatic carbocycles. The maximum Gasteiger partial charge on any atom is 0.234 e. The van der Waals surface area contributed by atoms with Crippen LogP contribution in [0.1, 0.15) is 19.3 Å². The normalized spacial score (nSPS) is 14.4. The fraction of sp³-hybridized carbons (Fsp3) is 0.364. The van der Waals surface area contributed by atoms with Crippen molar-refractivity contribution < 1.29 is 4.79 Å². The summed E-state index contributed by atoms with van der Waals surface area (Å²) < 4.78 is 2.09. The lowest BCUT2D eigenvalue weighted by atomic mass is 10.1. The fourth-order valence-corrected chi connectivity index (χ4v) is 4.75. The van der Waals surface area contributed by atoms with E-state index in [2.05, 4.69) is 30.0 Å². The number of hydrogen-bond acceptors (Lipinski definition) is 6. The minimum absolute atomic E-state index is 0.182. The number of carbonyl (C=O) groups is 1. The molecule has 3 aromatic rings. The van der Waals surface area contributed by atoms with Crippen LogP contribution in [0.4, 0.5) is 5.69 Å². The first-order valence-electron chi connectivity index (χ1n) is 10.5. The van der Waals surface area contributed by atoms with Crippen molar-refractivity contribution in [2.24, 2.45) is 0 Å². The third kappa shape index (κ3) is 6.01. The molecule has 0 aliphatic carbocycles. The molecule has 0 unspecified atom stereocenters. The van der Waals surface area contributed by atoms with Gasteiger partial charge in [0.1, 0.15) is 0 Å². The molecule has 4 rings (SSSR count). The highest BCUT2D eigenvalue weighted by Crippen LogP contribution is 2.27. The Hall–Kier alpha value is -2.13. The molecule has 1 aliphatic heterocycles. The van der Waals surface area contributed by atoms with Gasteiger partial charge in [-0.2, -0.15) is 0 Å². The second-order valence-corrected chi connectivity index (χ2v) is 9.34. The van der Waals surface area contributed by atoms with Gasteiger partial charge in [0.2, 0.25) is 5.91 Å². The van der Waals surface area contributed by atoms with E-state index in [0.29, 0.717) is 20.9 Å². The number of rotatable bonds is 8. The summed E-state index contributed by atoms with van der Waals surface area (Å²) >= 11 is 13.5. The average Bonchev–Trinajstić information content (AvgIpc) is 3.23. The number of pyridine rings is 1. The molecule has 10 heteroatoms. The van der Waals surface area contributed by atoms with Gasteiger partial charge in [0.25, 0.3) is 0 Å². The van der Waals surface area contributed by atoms with Crippen LogP contribution in [-0.2, 0) is 11.3 Å². The first kappa shape index (κ1) is 23.0. The van der Waals surface area contributed by atoms with Gasteiger partial charge in [-0.1, -0.05) is 41.4 Å². The molecule has 168 valence electrons. The smallest absolute Gasteiger partial charge is 0.234 e. The lowest BCUT2D eigenvalue weighted by Crippen LogP contribution is -2.32. The molecule has 0 saturated carbocycles. The minimum atomic E-state index is -0.185. The molecular weight excluding hydrogens is 467 g/mol. The SMILES string of the molecule is O=C(CSc1nnc(-c2ccncc2)n1CCN1CCCCC1)Nc1cc(Cl)ccc1Cl. The van der Waals surface area contributed by atoms with Crippen LogP contribution in [0.25, 0.3) is 11.4 Å². The molecule has 0 radical (unpaired) electrons. The molecule has 1 aliphatic rings. The zero-order valence-corrected chi connectivity index (χ0v) is 19.8. The van der Waals surface area contributed by atoms with Gasteiger partial charge in [-0.3, -0.25) is 9.78 Å². The Bertz CT molecular complexity index is 1060. The Morgan fingerprint density at radius 3 is 2.59 bits per heavy atom. The van der Waals surface area contributed by atoms with E-state index >= 15 is 0 Å². The van der Waals surface area contributed by atoms with Crippen molar-refractivity contribution in [1.82, 2.24) is 24.6 Å².